The lowest BCUT2D eigenvalue weighted by molar-refractivity contribution is 0.0527. The Morgan fingerprint density at radius 2 is 2.11 bits per heavy atom. The van der Waals surface area contributed by atoms with Crippen LogP contribution in [0.15, 0.2) is 11.6 Å². The number of alkyl carbamates (subject to hydrolysis) is 1. The first kappa shape index (κ1) is 16.0. The summed E-state index contributed by atoms with van der Waals surface area (Å²) in [6.45, 7) is 8.23. The molecule has 0 aliphatic heterocycles. The monoisotopic (exact) mass is 268 g/mol. The first-order valence-electron chi connectivity index (χ1n) is 7.33. The lowest BCUT2D eigenvalue weighted by atomic mass is 10.2. The second-order valence-corrected chi connectivity index (χ2v) is 6.04. The summed E-state index contributed by atoms with van der Waals surface area (Å²) in [5.41, 5.74) is 1.18. The molecule has 0 radical (unpaired) electrons. The van der Waals surface area contributed by atoms with Crippen LogP contribution in [-0.4, -0.2) is 31.3 Å². The first-order chi connectivity index (χ1) is 8.97. The Kier molecular flexibility index (Phi) is 6.92. The van der Waals surface area contributed by atoms with E-state index in [1.165, 1.54) is 25.7 Å². The molecule has 0 atom stereocenters. The lowest BCUT2D eigenvalue weighted by Gasteiger charge is -2.19. The van der Waals surface area contributed by atoms with Crippen LogP contribution < -0.4 is 10.6 Å². The third-order valence-corrected chi connectivity index (χ3v) is 2.96. The van der Waals surface area contributed by atoms with Crippen LogP contribution in [0.25, 0.3) is 0 Å². The highest BCUT2D eigenvalue weighted by Crippen LogP contribution is 2.19. The average Bonchev–Trinajstić information content (AvgIpc) is 2.78. The smallest absolute Gasteiger partial charge is 0.407 e. The van der Waals surface area contributed by atoms with Gasteiger partial charge in [0.1, 0.15) is 5.60 Å². The van der Waals surface area contributed by atoms with Crippen LogP contribution in [-0.2, 0) is 4.74 Å². The van der Waals surface area contributed by atoms with Gasteiger partial charge in [0.15, 0.2) is 0 Å². The second kappa shape index (κ2) is 8.20. The number of allylic oxidation sites excluding steroid dienone is 1. The Morgan fingerprint density at radius 1 is 1.32 bits per heavy atom. The summed E-state index contributed by atoms with van der Waals surface area (Å²) in [5.74, 6) is 0. The molecule has 0 aromatic rings. The molecule has 0 saturated carbocycles. The third-order valence-electron chi connectivity index (χ3n) is 2.96. The normalized spacial score (nSPS) is 15.2. The predicted molar refractivity (Wildman–Crippen MR) is 78.3 cm³/mol. The summed E-state index contributed by atoms with van der Waals surface area (Å²) in [4.78, 5) is 11.4. The number of carbonyl (C=O) groups is 1. The molecule has 0 bridgehead atoms. The van der Waals surface area contributed by atoms with Crippen molar-refractivity contribution < 1.29 is 9.53 Å². The zero-order valence-corrected chi connectivity index (χ0v) is 12.6. The van der Waals surface area contributed by atoms with Crippen molar-refractivity contribution in [2.45, 2.75) is 58.5 Å². The van der Waals surface area contributed by atoms with Crippen molar-refractivity contribution in [1.29, 1.82) is 0 Å². The minimum atomic E-state index is -0.419. The number of amides is 1. The molecular formula is C15H28N2O2. The van der Waals surface area contributed by atoms with Crippen molar-refractivity contribution in [1.82, 2.24) is 10.6 Å². The quantitative estimate of drug-likeness (QED) is 0.551. The maximum Gasteiger partial charge on any atom is 0.407 e. The molecule has 0 fully saturated rings. The van der Waals surface area contributed by atoms with Crippen LogP contribution in [0.5, 0.6) is 0 Å². The molecule has 1 aliphatic rings. The molecule has 0 unspecified atom stereocenters. The molecule has 1 amide bonds. The average molecular weight is 268 g/mol. The minimum absolute atomic E-state index is 0.330. The highest BCUT2D eigenvalue weighted by Gasteiger charge is 2.15. The Bertz CT molecular complexity index is 306. The van der Waals surface area contributed by atoms with Gasteiger partial charge >= 0.3 is 6.09 Å². The van der Waals surface area contributed by atoms with Gasteiger partial charge in [0.25, 0.3) is 0 Å². The van der Waals surface area contributed by atoms with E-state index in [0.717, 1.165) is 19.5 Å². The molecule has 0 aromatic heterocycles. The topological polar surface area (TPSA) is 50.4 Å². The molecule has 2 N–H and O–H groups in total. The lowest BCUT2D eigenvalue weighted by Crippen LogP contribution is -2.34. The van der Waals surface area contributed by atoms with Gasteiger partial charge in [-0.3, -0.25) is 0 Å². The van der Waals surface area contributed by atoms with Crippen LogP contribution in [0.2, 0.25) is 0 Å². The van der Waals surface area contributed by atoms with E-state index in [2.05, 4.69) is 16.7 Å². The van der Waals surface area contributed by atoms with E-state index in [9.17, 15) is 4.79 Å². The highest BCUT2D eigenvalue weighted by atomic mass is 16.6. The number of rotatable bonds is 7. The van der Waals surface area contributed by atoms with Gasteiger partial charge < -0.3 is 15.4 Å². The summed E-state index contributed by atoms with van der Waals surface area (Å²) in [5, 5.41) is 6.16. The largest absolute Gasteiger partial charge is 0.444 e. The van der Waals surface area contributed by atoms with Gasteiger partial charge in [-0.1, -0.05) is 11.6 Å². The Labute approximate surface area is 117 Å². The fourth-order valence-corrected chi connectivity index (χ4v) is 2.06. The van der Waals surface area contributed by atoms with Crippen molar-refractivity contribution in [2.24, 2.45) is 0 Å². The molecule has 0 aromatic carbocycles. The fraction of sp³-hybridized carbons (Fsp3) is 0.800. The van der Waals surface area contributed by atoms with Crippen molar-refractivity contribution in [3.63, 3.8) is 0 Å². The summed E-state index contributed by atoms with van der Waals surface area (Å²) >= 11 is 0. The zero-order valence-electron chi connectivity index (χ0n) is 12.6. The SMILES string of the molecule is CC(C)(C)OC(=O)NCCCNCCC1=CCCC1. The van der Waals surface area contributed by atoms with Gasteiger partial charge in [0.05, 0.1) is 0 Å². The van der Waals surface area contributed by atoms with Gasteiger partial charge in [0.2, 0.25) is 0 Å². The van der Waals surface area contributed by atoms with Crippen molar-refractivity contribution in [3.05, 3.63) is 11.6 Å². The van der Waals surface area contributed by atoms with Gasteiger partial charge in [-0.2, -0.15) is 0 Å². The van der Waals surface area contributed by atoms with Crippen LogP contribution in [0, 0.1) is 0 Å². The zero-order chi connectivity index (χ0) is 14.1. The number of nitrogens with one attached hydrogen (secondary N) is 2. The van der Waals surface area contributed by atoms with Gasteiger partial charge in [-0.25, -0.2) is 4.79 Å². The number of hydrogen-bond acceptors (Lipinski definition) is 3. The predicted octanol–water partition coefficient (Wildman–Crippen LogP) is 2.99. The number of hydrogen-bond donors (Lipinski definition) is 2. The van der Waals surface area contributed by atoms with Gasteiger partial charge in [0, 0.05) is 6.54 Å². The maximum atomic E-state index is 11.4. The van der Waals surface area contributed by atoms with E-state index in [1.54, 1.807) is 5.57 Å². The molecule has 1 rings (SSSR count). The molecule has 110 valence electrons. The standard InChI is InChI=1S/C15H28N2O2/c1-15(2,3)19-14(18)17-11-6-10-16-12-9-13-7-4-5-8-13/h7,16H,4-6,8-12H2,1-3H3,(H,17,18). The van der Waals surface area contributed by atoms with E-state index >= 15 is 0 Å². The minimum Gasteiger partial charge on any atom is -0.444 e. The van der Waals surface area contributed by atoms with E-state index < -0.39 is 5.60 Å². The van der Waals surface area contributed by atoms with Gasteiger partial charge in [-0.15, -0.1) is 0 Å². The second-order valence-electron chi connectivity index (χ2n) is 6.04. The Morgan fingerprint density at radius 3 is 2.74 bits per heavy atom. The van der Waals surface area contributed by atoms with Crippen molar-refractivity contribution in [2.75, 3.05) is 19.6 Å². The highest BCUT2D eigenvalue weighted by molar-refractivity contribution is 5.67. The van der Waals surface area contributed by atoms with Crippen molar-refractivity contribution >= 4 is 6.09 Å². The molecule has 1 aliphatic carbocycles. The van der Waals surface area contributed by atoms with E-state index in [0.29, 0.717) is 6.54 Å². The van der Waals surface area contributed by atoms with E-state index in [1.807, 2.05) is 20.8 Å². The van der Waals surface area contributed by atoms with Crippen LogP contribution >= 0.6 is 0 Å². The Hall–Kier alpha value is -1.03. The molecule has 0 spiro atoms. The first-order valence-corrected chi connectivity index (χ1v) is 7.33. The number of ether oxygens (including phenoxy) is 1. The van der Waals surface area contributed by atoms with Gasteiger partial charge in [-0.05, 0) is 66.0 Å². The summed E-state index contributed by atoms with van der Waals surface area (Å²) in [6.07, 6.45) is 8.00. The summed E-state index contributed by atoms with van der Waals surface area (Å²) in [7, 11) is 0. The third kappa shape index (κ3) is 8.65. The van der Waals surface area contributed by atoms with Crippen LogP contribution in [0.3, 0.4) is 0 Å². The molecule has 0 heterocycles. The van der Waals surface area contributed by atoms with Crippen LogP contribution in [0.4, 0.5) is 4.79 Å². The molecule has 4 nitrogen and oxygen atoms in total. The van der Waals surface area contributed by atoms with E-state index in [4.69, 9.17) is 4.74 Å². The van der Waals surface area contributed by atoms with Crippen molar-refractivity contribution in [3.8, 4) is 0 Å². The fourth-order valence-electron chi connectivity index (χ4n) is 2.06. The molecule has 0 saturated heterocycles. The Balaban J connectivity index is 1.89. The maximum absolute atomic E-state index is 11.4. The molecular weight excluding hydrogens is 240 g/mol. The summed E-state index contributed by atoms with van der Waals surface area (Å²) < 4.78 is 5.15. The van der Waals surface area contributed by atoms with E-state index in [-0.39, 0.29) is 6.09 Å². The number of carbonyl (C=O) groups excluding carboxylic acids is 1. The summed E-state index contributed by atoms with van der Waals surface area (Å²) in [6, 6.07) is 0. The molecule has 4 heteroatoms. The molecule has 19 heavy (non-hydrogen) atoms. The van der Waals surface area contributed by atoms with Crippen LogP contribution in [0.1, 0.15) is 52.9 Å².